The Bertz CT molecular complexity index is 211. The summed E-state index contributed by atoms with van der Waals surface area (Å²) in [4.78, 5) is 13.6. The Morgan fingerprint density at radius 2 is 2.19 bits per heavy atom. The molecular formula is C11H22N2O3. The van der Waals surface area contributed by atoms with E-state index in [0.717, 1.165) is 19.6 Å². The number of amides is 1. The molecule has 0 saturated carbocycles. The molecule has 1 saturated heterocycles. The number of carbonyl (C=O) groups excluding carboxylic acids is 1. The summed E-state index contributed by atoms with van der Waals surface area (Å²) in [5, 5.41) is 3.25. The Morgan fingerprint density at radius 1 is 1.44 bits per heavy atom. The van der Waals surface area contributed by atoms with Crippen molar-refractivity contribution in [2.75, 3.05) is 46.1 Å². The first-order valence-corrected chi connectivity index (χ1v) is 5.91. The molecule has 0 aromatic rings. The first kappa shape index (κ1) is 13.4. The highest BCUT2D eigenvalue weighted by Crippen LogP contribution is 2.02. The van der Waals surface area contributed by atoms with Crippen molar-refractivity contribution in [1.82, 2.24) is 10.2 Å². The van der Waals surface area contributed by atoms with Crippen LogP contribution in [0.2, 0.25) is 0 Å². The zero-order chi connectivity index (χ0) is 11.8. The fourth-order valence-electron chi connectivity index (χ4n) is 1.72. The highest BCUT2D eigenvalue weighted by Gasteiger charge is 2.22. The van der Waals surface area contributed by atoms with Crippen LogP contribution in [0, 0.1) is 0 Å². The number of hydrogen-bond donors (Lipinski definition) is 1. The summed E-state index contributed by atoms with van der Waals surface area (Å²) in [7, 11) is 0. The third-order valence-electron chi connectivity index (χ3n) is 2.62. The van der Waals surface area contributed by atoms with Gasteiger partial charge in [-0.05, 0) is 13.8 Å². The first-order valence-electron chi connectivity index (χ1n) is 5.91. The summed E-state index contributed by atoms with van der Waals surface area (Å²) >= 11 is 0. The van der Waals surface area contributed by atoms with Crippen molar-refractivity contribution < 1.29 is 14.3 Å². The predicted molar refractivity (Wildman–Crippen MR) is 61.4 cm³/mol. The largest absolute Gasteiger partial charge is 0.379 e. The summed E-state index contributed by atoms with van der Waals surface area (Å²) in [6.45, 7) is 8.39. The van der Waals surface area contributed by atoms with Crippen molar-refractivity contribution in [3.05, 3.63) is 0 Å². The Balaban J connectivity index is 2.13. The molecule has 1 rings (SSSR count). The maximum atomic E-state index is 11.8. The van der Waals surface area contributed by atoms with E-state index in [1.54, 1.807) is 0 Å². The lowest BCUT2D eigenvalue weighted by molar-refractivity contribution is -0.139. The van der Waals surface area contributed by atoms with Crippen LogP contribution in [0.15, 0.2) is 0 Å². The average Bonchev–Trinajstić information content (AvgIpc) is 2.29. The fourth-order valence-corrected chi connectivity index (χ4v) is 1.72. The maximum absolute atomic E-state index is 11.8. The van der Waals surface area contributed by atoms with E-state index >= 15 is 0 Å². The highest BCUT2D eigenvalue weighted by molar-refractivity contribution is 5.77. The molecule has 0 aliphatic carbocycles. The van der Waals surface area contributed by atoms with E-state index in [2.05, 4.69) is 5.32 Å². The molecule has 1 fully saturated rings. The molecule has 1 N–H and O–H groups in total. The van der Waals surface area contributed by atoms with Gasteiger partial charge in [0.05, 0.1) is 13.2 Å². The number of nitrogens with one attached hydrogen (secondary N) is 1. The molecule has 5 nitrogen and oxygen atoms in total. The van der Waals surface area contributed by atoms with Crippen LogP contribution >= 0.6 is 0 Å². The average molecular weight is 230 g/mol. The van der Waals surface area contributed by atoms with Crippen LogP contribution in [-0.4, -0.2) is 62.9 Å². The SMILES string of the molecule is CCOCCOCC(=O)N1CCNC[C@@H]1C. The van der Waals surface area contributed by atoms with Gasteiger partial charge in [0, 0.05) is 32.3 Å². The Morgan fingerprint density at radius 3 is 2.88 bits per heavy atom. The van der Waals surface area contributed by atoms with Crippen molar-refractivity contribution in [2.45, 2.75) is 19.9 Å². The van der Waals surface area contributed by atoms with Gasteiger partial charge < -0.3 is 19.7 Å². The van der Waals surface area contributed by atoms with Gasteiger partial charge in [0.25, 0.3) is 0 Å². The van der Waals surface area contributed by atoms with Crippen LogP contribution in [0.5, 0.6) is 0 Å². The van der Waals surface area contributed by atoms with Crippen molar-refractivity contribution in [3.8, 4) is 0 Å². The lowest BCUT2D eigenvalue weighted by Gasteiger charge is -2.33. The number of hydrogen-bond acceptors (Lipinski definition) is 4. The molecule has 1 amide bonds. The minimum Gasteiger partial charge on any atom is -0.379 e. The summed E-state index contributed by atoms with van der Waals surface area (Å²) in [6, 6.07) is 0.261. The van der Waals surface area contributed by atoms with Crippen LogP contribution in [0.25, 0.3) is 0 Å². The van der Waals surface area contributed by atoms with Gasteiger partial charge in [0.1, 0.15) is 6.61 Å². The van der Waals surface area contributed by atoms with Gasteiger partial charge in [-0.2, -0.15) is 0 Å². The Labute approximate surface area is 97.1 Å². The van der Waals surface area contributed by atoms with Crippen molar-refractivity contribution in [1.29, 1.82) is 0 Å². The van der Waals surface area contributed by atoms with E-state index in [1.807, 2.05) is 18.7 Å². The number of carbonyl (C=O) groups is 1. The first-order chi connectivity index (χ1) is 7.75. The van der Waals surface area contributed by atoms with E-state index in [9.17, 15) is 4.79 Å². The van der Waals surface area contributed by atoms with Crippen molar-refractivity contribution in [2.24, 2.45) is 0 Å². The van der Waals surface area contributed by atoms with Crippen LogP contribution < -0.4 is 5.32 Å². The van der Waals surface area contributed by atoms with Crippen LogP contribution in [-0.2, 0) is 14.3 Å². The van der Waals surface area contributed by atoms with E-state index in [1.165, 1.54) is 0 Å². The smallest absolute Gasteiger partial charge is 0.248 e. The normalized spacial score (nSPS) is 21.1. The molecule has 0 aromatic heterocycles. The lowest BCUT2D eigenvalue weighted by atomic mass is 10.2. The minimum atomic E-state index is 0.0745. The molecule has 5 heteroatoms. The van der Waals surface area contributed by atoms with Crippen molar-refractivity contribution in [3.63, 3.8) is 0 Å². The summed E-state index contributed by atoms with van der Waals surface area (Å²) in [6.07, 6.45) is 0. The van der Waals surface area contributed by atoms with Gasteiger partial charge in [-0.1, -0.05) is 0 Å². The summed E-state index contributed by atoms with van der Waals surface area (Å²) < 4.78 is 10.4. The summed E-state index contributed by atoms with van der Waals surface area (Å²) in [5.74, 6) is 0.0745. The predicted octanol–water partition coefficient (Wildman–Crippen LogP) is -0.140. The molecular weight excluding hydrogens is 208 g/mol. The summed E-state index contributed by atoms with van der Waals surface area (Å²) in [5.41, 5.74) is 0. The second-order valence-corrected chi connectivity index (χ2v) is 3.89. The Hall–Kier alpha value is -0.650. The van der Waals surface area contributed by atoms with E-state index < -0.39 is 0 Å². The van der Waals surface area contributed by atoms with Gasteiger partial charge in [-0.15, -0.1) is 0 Å². The number of ether oxygens (including phenoxy) is 2. The van der Waals surface area contributed by atoms with Gasteiger partial charge in [0.15, 0.2) is 0 Å². The van der Waals surface area contributed by atoms with E-state index in [4.69, 9.17) is 9.47 Å². The second-order valence-electron chi connectivity index (χ2n) is 3.89. The van der Waals surface area contributed by atoms with E-state index in [-0.39, 0.29) is 18.6 Å². The molecule has 0 bridgehead atoms. The zero-order valence-electron chi connectivity index (χ0n) is 10.2. The molecule has 16 heavy (non-hydrogen) atoms. The molecule has 1 atom stereocenters. The van der Waals surface area contributed by atoms with E-state index in [0.29, 0.717) is 19.8 Å². The molecule has 94 valence electrons. The number of piperazine rings is 1. The van der Waals surface area contributed by atoms with Crippen LogP contribution in [0.3, 0.4) is 0 Å². The van der Waals surface area contributed by atoms with Crippen LogP contribution in [0.4, 0.5) is 0 Å². The topological polar surface area (TPSA) is 50.8 Å². The third-order valence-corrected chi connectivity index (χ3v) is 2.62. The lowest BCUT2D eigenvalue weighted by Crippen LogP contribution is -2.53. The molecule has 1 aliphatic heterocycles. The molecule has 0 unspecified atom stereocenters. The van der Waals surface area contributed by atoms with Gasteiger partial charge in [-0.25, -0.2) is 0 Å². The zero-order valence-corrected chi connectivity index (χ0v) is 10.2. The highest BCUT2D eigenvalue weighted by atomic mass is 16.5. The molecule has 0 aromatic carbocycles. The third kappa shape index (κ3) is 4.47. The minimum absolute atomic E-state index is 0.0745. The molecule has 1 heterocycles. The molecule has 1 aliphatic rings. The molecule has 0 spiro atoms. The standard InChI is InChI=1S/C11H22N2O3/c1-3-15-6-7-16-9-11(14)13-5-4-12-8-10(13)2/h10,12H,3-9H2,1-2H3/t10-/m0/s1. The fraction of sp³-hybridized carbons (Fsp3) is 0.909. The quantitative estimate of drug-likeness (QED) is 0.645. The monoisotopic (exact) mass is 230 g/mol. The number of rotatable bonds is 6. The Kier molecular flexibility index (Phi) is 6.37. The van der Waals surface area contributed by atoms with Gasteiger partial charge in [-0.3, -0.25) is 4.79 Å². The van der Waals surface area contributed by atoms with Crippen molar-refractivity contribution >= 4 is 5.91 Å². The van der Waals surface area contributed by atoms with Gasteiger partial charge >= 0.3 is 0 Å². The maximum Gasteiger partial charge on any atom is 0.248 e. The number of nitrogens with zero attached hydrogens (tertiary/aromatic N) is 1. The van der Waals surface area contributed by atoms with Crippen LogP contribution in [0.1, 0.15) is 13.8 Å². The van der Waals surface area contributed by atoms with Gasteiger partial charge in [0.2, 0.25) is 5.91 Å². The molecule has 0 radical (unpaired) electrons. The second kappa shape index (κ2) is 7.60.